The first kappa shape index (κ1) is 12.5. The van der Waals surface area contributed by atoms with Crippen LogP contribution in [-0.4, -0.2) is 21.6 Å². The summed E-state index contributed by atoms with van der Waals surface area (Å²) in [6, 6.07) is 2.73. The molecule has 5 heteroatoms. The first-order valence-electron chi connectivity index (χ1n) is 4.42. The molecule has 2 unspecified atom stereocenters. The third-order valence-electron chi connectivity index (χ3n) is 2.00. The van der Waals surface area contributed by atoms with Crippen molar-refractivity contribution in [1.29, 1.82) is 0 Å². The second kappa shape index (κ2) is 5.53. The Morgan fingerprint density at radius 2 is 1.67 bits per heavy atom. The topological polar surface area (TPSA) is 40.5 Å². The van der Waals surface area contributed by atoms with Gasteiger partial charge in [0.05, 0.1) is 6.10 Å². The molecule has 0 bridgehead atoms. The quantitative estimate of drug-likeness (QED) is 0.830. The van der Waals surface area contributed by atoms with Gasteiger partial charge in [-0.3, -0.25) is 0 Å². The van der Waals surface area contributed by atoms with Gasteiger partial charge in [0.15, 0.2) is 0 Å². The summed E-state index contributed by atoms with van der Waals surface area (Å²) in [5.41, 5.74) is 0.0425. The molecule has 2 nitrogen and oxygen atoms in total. The minimum absolute atomic E-state index is 0.0425. The molecule has 1 aromatic carbocycles. The van der Waals surface area contributed by atoms with Crippen LogP contribution in [0.3, 0.4) is 0 Å². The average Bonchev–Trinajstić information content (AvgIpc) is 2.15. The van der Waals surface area contributed by atoms with Gasteiger partial charge < -0.3 is 10.2 Å². The molecule has 0 fully saturated rings. The van der Waals surface area contributed by atoms with Gasteiger partial charge in [0.25, 0.3) is 0 Å². The summed E-state index contributed by atoms with van der Waals surface area (Å²) in [5, 5.41) is 19.5. The van der Waals surface area contributed by atoms with E-state index in [9.17, 15) is 19.0 Å². The average molecular weight is 281 g/mol. The molecule has 0 saturated carbocycles. The predicted molar refractivity (Wildman–Crippen MR) is 55.7 cm³/mol. The van der Waals surface area contributed by atoms with E-state index in [2.05, 4.69) is 15.9 Å². The van der Waals surface area contributed by atoms with E-state index in [1.165, 1.54) is 0 Å². The summed E-state index contributed by atoms with van der Waals surface area (Å²) in [6.07, 6.45) is -2.00. The fourth-order valence-electron chi connectivity index (χ4n) is 1.24. The van der Waals surface area contributed by atoms with Crippen molar-refractivity contribution in [2.75, 3.05) is 5.33 Å². The van der Waals surface area contributed by atoms with E-state index in [1.54, 1.807) is 0 Å². The van der Waals surface area contributed by atoms with Gasteiger partial charge in [-0.15, -0.1) is 0 Å². The van der Waals surface area contributed by atoms with E-state index in [1.807, 2.05) is 0 Å². The lowest BCUT2D eigenvalue weighted by Crippen LogP contribution is -2.18. The molecule has 1 aromatic rings. The normalized spacial score (nSPS) is 15.0. The molecule has 0 amide bonds. The van der Waals surface area contributed by atoms with Crippen molar-refractivity contribution in [2.24, 2.45) is 0 Å². The van der Waals surface area contributed by atoms with Crippen molar-refractivity contribution in [2.45, 2.75) is 18.6 Å². The smallest absolute Gasteiger partial charge is 0.126 e. The molecule has 0 radical (unpaired) electrons. The molecule has 0 aliphatic rings. The van der Waals surface area contributed by atoms with E-state index >= 15 is 0 Å². The highest BCUT2D eigenvalue weighted by molar-refractivity contribution is 9.09. The molecule has 2 atom stereocenters. The summed E-state index contributed by atoms with van der Waals surface area (Å²) in [5.74, 6) is -1.54. The Balaban J connectivity index is 2.85. The van der Waals surface area contributed by atoms with Crippen molar-refractivity contribution in [3.8, 4) is 0 Å². The van der Waals surface area contributed by atoms with Crippen LogP contribution in [0.1, 0.15) is 18.1 Å². The molecule has 0 aliphatic carbocycles. The zero-order chi connectivity index (χ0) is 11.4. The predicted octanol–water partition coefficient (Wildman–Crippen LogP) is 2.14. The maximum Gasteiger partial charge on any atom is 0.126 e. The van der Waals surface area contributed by atoms with Gasteiger partial charge in [0.2, 0.25) is 0 Å². The first-order valence-corrected chi connectivity index (χ1v) is 5.55. The molecular formula is C10H11BrF2O2. The third-order valence-corrected chi connectivity index (χ3v) is 2.45. The van der Waals surface area contributed by atoms with Crippen LogP contribution in [-0.2, 0) is 0 Å². The first-order chi connectivity index (χ1) is 7.04. The van der Waals surface area contributed by atoms with Crippen LogP contribution in [0.2, 0.25) is 0 Å². The van der Waals surface area contributed by atoms with Gasteiger partial charge in [-0.1, -0.05) is 15.9 Å². The monoisotopic (exact) mass is 280 g/mol. The molecule has 0 spiro atoms. The molecule has 0 heterocycles. The van der Waals surface area contributed by atoms with Gasteiger partial charge in [-0.2, -0.15) is 0 Å². The number of alkyl halides is 1. The second-order valence-electron chi connectivity index (χ2n) is 3.19. The third kappa shape index (κ3) is 3.52. The summed E-state index contributed by atoms with van der Waals surface area (Å²) < 4.78 is 25.6. The Bertz CT molecular complexity index is 313. The number of aliphatic hydroxyl groups is 2. The van der Waals surface area contributed by atoms with Crippen LogP contribution in [0.25, 0.3) is 0 Å². The zero-order valence-corrected chi connectivity index (χ0v) is 9.42. The molecule has 0 saturated heterocycles. The molecule has 0 aromatic heterocycles. The SMILES string of the molecule is OC(CCBr)C(O)c1cc(F)cc(F)c1. The molecule has 84 valence electrons. The van der Waals surface area contributed by atoms with Crippen molar-refractivity contribution < 1.29 is 19.0 Å². The Morgan fingerprint density at radius 1 is 1.13 bits per heavy atom. The van der Waals surface area contributed by atoms with Crippen LogP contribution in [0.4, 0.5) is 8.78 Å². The molecule has 15 heavy (non-hydrogen) atoms. The van der Waals surface area contributed by atoms with Gasteiger partial charge >= 0.3 is 0 Å². The number of rotatable bonds is 4. The lowest BCUT2D eigenvalue weighted by atomic mass is 10.0. The van der Waals surface area contributed by atoms with E-state index < -0.39 is 23.8 Å². The van der Waals surface area contributed by atoms with E-state index in [4.69, 9.17) is 0 Å². The maximum atomic E-state index is 12.8. The lowest BCUT2D eigenvalue weighted by molar-refractivity contribution is 0.0170. The molecular weight excluding hydrogens is 270 g/mol. The lowest BCUT2D eigenvalue weighted by Gasteiger charge is -2.17. The zero-order valence-electron chi connectivity index (χ0n) is 7.83. The van der Waals surface area contributed by atoms with E-state index in [-0.39, 0.29) is 5.56 Å². The fraction of sp³-hybridized carbons (Fsp3) is 0.400. The van der Waals surface area contributed by atoms with Crippen molar-refractivity contribution >= 4 is 15.9 Å². The van der Waals surface area contributed by atoms with Crippen molar-refractivity contribution in [3.05, 3.63) is 35.4 Å². The van der Waals surface area contributed by atoms with Gasteiger partial charge in [0, 0.05) is 11.4 Å². The summed E-state index contributed by atoms with van der Waals surface area (Å²) in [6.45, 7) is 0. The largest absolute Gasteiger partial charge is 0.390 e. The van der Waals surface area contributed by atoms with E-state index in [0.717, 1.165) is 12.1 Å². The van der Waals surface area contributed by atoms with Crippen LogP contribution < -0.4 is 0 Å². The van der Waals surface area contributed by atoms with E-state index in [0.29, 0.717) is 17.8 Å². The summed E-state index contributed by atoms with van der Waals surface area (Å²) in [7, 11) is 0. The van der Waals surface area contributed by atoms with Crippen LogP contribution in [0.15, 0.2) is 18.2 Å². The van der Waals surface area contributed by atoms with Crippen LogP contribution in [0, 0.1) is 11.6 Å². The minimum atomic E-state index is -1.27. The number of hydrogen-bond acceptors (Lipinski definition) is 2. The Labute approximate surface area is 94.7 Å². The Hall–Kier alpha value is -0.520. The van der Waals surface area contributed by atoms with Crippen LogP contribution >= 0.6 is 15.9 Å². The number of halogens is 3. The highest BCUT2D eigenvalue weighted by atomic mass is 79.9. The molecule has 2 N–H and O–H groups in total. The van der Waals surface area contributed by atoms with Crippen molar-refractivity contribution in [3.63, 3.8) is 0 Å². The fourth-order valence-corrected chi connectivity index (χ4v) is 1.71. The summed E-state index contributed by atoms with van der Waals surface area (Å²) >= 11 is 3.10. The van der Waals surface area contributed by atoms with Gasteiger partial charge in [-0.05, 0) is 24.1 Å². The van der Waals surface area contributed by atoms with Gasteiger partial charge in [-0.25, -0.2) is 8.78 Å². The van der Waals surface area contributed by atoms with Gasteiger partial charge in [0.1, 0.15) is 17.7 Å². The number of aliphatic hydroxyl groups excluding tert-OH is 2. The highest BCUT2D eigenvalue weighted by Crippen LogP contribution is 2.21. The second-order valence-corrected chi connectivity index (χ2v) is 3.99. The number of benzene rings is 1. The Kier molecular flexibility index (Phi) is 4.63. The van der Waals surface area contributed by atoms with Crippen LogP contribution in [0.5, 0.6) is 0 Å². The maximum absolute atomic E-state index is 12.8. The molecule has 0 aliphatic heterocycles. The molecule has 1 rings (SSSR count). The summed E-state index contributed by atoms with van der Waals surface area (Å²) in [4.78, 5) is 0. The highest BCUT2D eigenvalue weighted by Gasteiger charge is 2.18. The minimum Gasteiger partial charge on any atom is -0.390 e. The number of hydrogen-bond donors (Lipinski definition) is 2. The Morgan fingerprint density at radius 3 is 2.13 bits per heavy atom. The standard InChI is InChI=1S/C10H11BrF2O2/c11-2-1-9(14)10(15)6-3-7(12)5-8(13)4-6/h3-5,9-10,14-15H,1-2H2. The van der Waals surface area contributed by atoms with Crippen molar-refractivity contribution in [1.82, 2.24) is 0 Å².